The maximum atomic E-state index is 11.8. The Bertz CT molecular complexity index is 1490. The number of benzene rings is 1. The molecule has 9 nitrogen and oxygen atoms in total. The summed E-state index contributed by atoms with van der Waals surface area (Å²) in [5, 5.41) is 3.94. The fourth-order valence-electron chi connectivity index (χ4n) is 4.39. The van der Waals surface area contributed by atoms with E-state index in [0.29, 0.717) is 16.5 Å². The van der Waals surface area contributed by atoms with Crippen molar-refractivity contribution >= 4 is 38.7 Å². The summed E-state index contributed by atoms with van der Waals surface area (Å²) >= 11 is 5.82. The maximum Gasteiger partial charge on any atom is 0.229 e. The first kappa shape index (κ1) is 23.8. The van der Waals surface area contributed by atoms with Gasteiger partial charge in [0, 0.05) is 36.0 Å². The Hall–Kier alpha value is -3.96. The molecule has 0 bridgehead atoms. The molecule has 0 saturated carbocycles. The number of methoxy groups -OCH3 is 1. The van der Waals surface area contributed by atoms with Crippen molar-refractivity contribution in [2.45, 2.75) is 12.1 Å². The van der Waals surface area contributed by atoms with Crippen molar-refractivity contribution in [2.24, 2.45) is 0 Å². The Morgan fingerprint density at radius 3 is 2.47 bits per heavy atom. The Morgan fingerprint density at radius 1 is 1.03 bits per heavy atom. The van der Waals surface area contributed by atoms with Gasteiger partial charge in [-0.1, -0.05) is 12.1 Å². The van der Waals surface area contributed by atoms with Gasteiger partial charge in [0.15, 0.2) is 5.11 Å². The molecule has 4 heterocycles. The summed E-state index contributed by atoms with van der Waals surface area (Å²) in [6.07, 6.45) is 6.57. The summed E-state index contributed by atoms with van der Waals surface area (Å²) in [4.78, 5) is 11.1. The highest BCUT2D eigenvalue weighted by molar-refractivity contribution is 7.92. The number of nitrogens with zero attached hydrogens (tertiary/aromatic N) is 4. The minimum Gasteiger partial charge on any atom is -0.494 e. The van der Waals surface area contributed by atoms with E-state index in [9.17, 15) is 8.42 Å². The number of nitrogens with one attached hydrogen (secondary N) is 2. The first-order valence-electron chi connectivity index (χ1n) is 11.1. The second-order valence-corrected chi connectivity index (χ2v) is 10.4. The molecule has 2 atom stereocenters. The van der Waals surface area contributed by atoms with Gasteiger partial charge in [0.25, 0.3) is 0 Å². The summed E-state index contributed by atoms with van der Waals surface area (Å²) in [5.41, 5.74) is 2.87. The number of pyridine rings is 2. The van der Waals surface area contributed by atoms with Crippen LogP contribution in [0.2, 0.25) is 0 Å². The third-order valence-corrected chi connectivity index (χ3v) is 6.74. The van der Waals surface area contributed by atoms with E-state index in [2.05, 4.69) is 20.0 Å². The highest BCUT2D eigenvalue weighted by Crippen LogP contribution is 2.43. The van der Waals surface area contributed by atoms with Crippen molar-refractivity contribution in [3.05, 3.63) is 96.7 Å². The van der Waals surface area contributed by atoms with Crippen molar-refractivity contribution in [1.82, 2.24) is 19.9 Å². The molecule has 1 saturated heterocycles. The van der Waals surface area contributed by atoms with Gasteiger partial charge in [0.05, 0.1) is 30.8 Å². The monoisotopic (exact) mass is 520 g/mol. The van der Waals surface area contributed by atoms with Gasteiger partial charge in [-0.25, -0.2) is 13.4 Å². The highest BCUT2D eigenvalue weighted by Gasteiger charge is 2.42. The van der Waals surface area contributed by atoms with Crippen LogP contribution in [0.25, 0.3) is 5.82 Å². The highest BCUT2D eigenvalue weighted by atomic mass is 32.2. The van der Waals surface area contributed by atoms with E-state index in [1.807, 2.05) is 70.3 Å². The Balaban J connectivity index is 1.64. The molecule has 1 aliphatic rings. The quantitative estimate of drug-likeness (QED) is 0.355. The summed E-state index contributed by atoms with van der Waals surface area (Å²) in [6.45, 7) is 0. The minimum atomic E-state index is -3.48. The zero-order chi connectivity index (χ0) is 25.3. The summed E-state index contributed by atoms with van der Waals surface area (Å²) < 4.78 is 33.7. The normalized spacial score (nSPS) is 17.6. The zero-order valence-corrected chi connectivity index (χ0v) is 21.2. The molecule has 1 aromatic carbocycles. The van der Waals surface area contributed by atoms with E-state index in [1.165, 1.54) is 7.11 Å². The molecule has 0 aliphatic carbocycles. The zero-order valence-electron chi connectivity index (χ0n) is 19.6. The molecular weight excluding hydrogens is 496 g/mol. The smallest absolute Gasteiger partial charge is 0.229 e. The number of anilines is 2. The molecule has 1 fully saturated rings. The molecule has 0 radical (unpaired) electrons. The van der Waals surface area contributed by atoms with Crippen molar-refractivity contribution in [2.75, 3.05) is 23.0 Å². The molecule has 0 amide bonds. The lowest BCUT2D eigenvalue weighted by Crippen LogP contribution is -2.30. The van der Waals surface area contributed by atoms with Crippen LogP contribution >= 0.6 is 12.2 Å². The lowest BCUT2D eigenvalue weighted by molar-refractivity contribution is 0.417. The summed E-state index contributed by atoms with van der Waals surface area (Å²) in [6, 6.07) is 20.2. The second-order valence-electron chi connectivity index (χ2n) is 8.25. The molecule has 1 aliphatic heterocycles. The van der Waals surface area contributed by atoms with Crippen molar-refractivity contribution in [1.29, 1.82) is 0 Å². The van der Waals surface area contributed by atoms with Gasteiger partial charge in [-0.15, -0.1) is 0 Å². The lowest BCUT2D eigenvalue weighted by atomic mass is 10.0. The number of aromatic nitrogens is 3. The Labute approximate surface area is 214 Å². The fraction of sp³-hybridized carbons (Fsp3) is 0.160. The van der Waals surface area contributed by atoms with Crippen LogP contribution in [0.5, 0.6) is 5.75 Å². The third-order valence-electron chi connectivity index (χ3n) is 5.84. The van der Waals surface area contributed by atoms with Gasteiger partial charge >= 0.3 is 0 Å². The summed E-state index contributed by atoms with van der Waals surface area (Å²) in [7, 11) is -1.99. The molecule has 11 heteroatoms. The van der Waals surface area contributed by atoms with E-state index in [4.69, 9.17) is 17.0 Å². The predicted molar refractivity (Wildman–Crippen MR) is 143 cm³/mol. The van der Waals surface area contributed by atoms with Gasteiger partial charge < -0.3 is 19.5 Å². The van der Waals surface area contributed by atoms with E-state index in [-0.39, 0.29) is 12.1 Å². The molecule has 0 spiro atoms. The van der Waals surface area contributed by atoms with Crippen LogP contribution in [0.4, 0.5) is 11.4 Å². The van der Waals surface area contributed by atoms with Crippen LogP contribution in [0.1, 0.15) is 23.5 Å². The fourth-order valence-corrected chi connectivity index (χ4v) is 5.30. The van der Waals surface area contributed by atoms with E-state index >= 15 is 0 Å². The van der Waals surface area contributed by atoms with Gasteiger partial charge in [0.1, 0.15) is 17.6 Å². The van der Waals surface area contributed by atoms with Crippen molar-refractivity contribution in [3.63, 3.8) is 0 Å². The number of hydrogen-bond donors (Lipinski definition) is 2. The molecule has 4 aromatic rings. The van der Waals surface area contributed by atoms with Gasteiger partial charge in [-0.3, -0.25) is 9.71 Å². The summed E-state index contributed by atoms with van der Waals surface area (Å²) in [5.74, 6) is 1.15. The van der Waals surface area contributed by atoms with Crippen LogP contribution in [-0.4, -0.2) is 41.4 Å². The first-order valence-corrected chi connectivity index (χ1v) is 13.4. The first-order chi connectivity index (χ1) is 17.4. The van der Waals surface area contributed by atoms with Crippen LogP contribution in [0.3, 0.4) is 0 Å². The third kappa shape index (κ3) is 4.62. The van der Waals surface area contributed by atoms with E-state index in [1.54, 1.807) is 24.5 Å². The SMILES string of the molecule is COc1cc(N2C(=S)N[C@@H](c3ccccn3)[C@H]2c2cccn2-c2ccccn2)ccc1NS(C)(=O)=O. The van der Waals surface area contributed by atoms with Crippen LogP contribution in [-0.2, 0) is 10.0 Å². The maximum absolute atomic E-state index is 11.8. The van der Waals surface area contributed by atoms with Crippen LogP contribution in [0, 0.1) is 0 Å². The van der Waals surface area contributed by atoms with Gasteiger partial charge in [0.2, 0.25) is 10.0 Å². The van der Waals surface area contributed by atoms with Gasteiger partial charge in [-0.05, 0) is 60.7 Å². The van der Waals surface area contributed by atoms with Gasteiger partial charge in [-0.2, -0.15) is 0 Å². The number of thiocarbonyl (C=S) groups is 1. The topological polar surface area (TPSA) is 101 Å². The predicted octanol–water partition coefficient (Wildman–Crippen LogP) is 3.82. The largest absolute Gasteiger partial charge is 0.494 e. The molecule has 36 heavy (non-hydrogen) atoms. The van der Waals surface area contributed by atoms with Crippen molar-refractivity contribution < 1.29 is 13.2 Å². The average Bonchev–Trinajstić information content (AvgIpc) is 3.49. The molecule has 0 unspecified atom stereocenters. The van der Waals surface area contributed by atoms with Crippen LogP contribution < -0.4 is 19.7 Å². The number of sulfonamides is 1. The molecule has 184 valence electrons. The number of ether oxygens (including phenoxy) is 1. The van der Waals surface area contributed by atoms with E-state index < -0.39 is 10.0 Å². The number of hydrogen-bond acceptors (Lipinski definition) is 6. The Kier molecular flexibility index (Phi) is 6.33. The minimum absolute atomic E-state index is 0.254. The molecule has 2 N–H and O–H groups in total. The van der Waals surface area contributed by atoms with E-state index in [0.717, 1.165) is 29.1 Å². The molecule has 3 aromatic heterocycles. The Morgan fingerprint density at radius 2 is 1.81 bits per heavy atom. The standard InChI is InChI=1S/C25H24N6O3S2/c1-34-21-16-17(11-12-18(21)29-36(2,32)33)31-24(23(28-25(31)35)19-8-3-5-13-26-19)20-9-7-15-30(20)22-10-4-6-14-27-22/h3-16,23-24,29H,1-2H3,(H,28,35)/t23-,24+/m0/s1. The van der Waals surface area contributed by atoms with Crippen molar-refractivity contribution in [3.8, 4) is 11.6 Å². The lowest BCUT2D eigenvalue weighted by Gasteiger charge is -2.29. The van der Waals surface area contributed by atoms with Crippen LogP contribution in [0.15, 0.2) is 85.3 Å². The second kappa shape index (κ2) is 9.59. The molecular formula is C25H24N6O3S2. The average molecular weight is 521 g/mol. The number of rotatable bonds is 7. The molecule has 5 rings (SSSR count).